The number of hydrogen-bond acceptors (Lipinski definition) is 4. The third kappa shape index (κ3) is 2.86. The van der Waals surface area contributed by atoms with Gasteiger partial charge in [0.2, 0.25) is 0 Å². The van der Waals surface area contributed by atoms with Crippen molar-refractivity contribution in [2.75, 3.05) is 5.32 Å². The van der Waals surface area contributed by atoms with Crippen LogP contribution < -0.4 is 5.32 Å². The number of aromatic hydroxyl groups is 1. The molecule has 0 spiro atoms. The quantitative estimate of drug-likeness (QED) is 0.722. The molecule has 5 heteroatoms. The third-order valence-electron chi connectivity index (χ3n) is 3.24. The van der Waals surface area contributed by atoms with Crippen molar-refractivity contribution in [2.24, 2.45) is 0 Å². The van der Waals surface area contributed by atoms with Crippen LogP contribution in [0.2, 0.25) is 0 Å². The van der Waals surface area contributed by atoms with Gasteiger partial charge in [0.25, 0.3) is 0 Å². The number of nitrogens with zero attached hydrogens (tertiary/aromatic N) is 2. The second kappa shape index (κ2) is 5.28. The smallest absolute Gasteiger partial charge is 0.179 e. The van der Waals surface area contributed by atoms with Gasteiger partial charge in [0.1, 0.15) is 17.1 Å². The van der Waals surface area contributed by atoms with Gasteiger partial charge in [-0.15, -0.1) is 0 Å². The first-order valence-corrected chi connectivity index (χ1v) is 6.63. The van der Waals surface area contributed by atoms with Gasteiger partial charge in [-0.05, 0) is 29.8 Å². The number of carbonyl (C=O) groups excluding carboxylic acids is 1. The predicted octanol–water partition coefficient (Wildman–Crippen LogP) is 2.85. The Hall–Kier alpha value is -2.82. The summed E-state index contributed by atoms with van der Waals surface area (Å²) in [5, 5.41) is 12.5. The molecule has 3 rings (SSSR count). The van der Waals surface area contributed by atoms with Crippen LogP contribution in [0, 0.1) is 0 Å². The van der Waals surface area contributed by atoms with Crippen molar-refractivity contribution >= 4 is 17.1 Å². The zero-order valence-corrected chi connectivity index (χ0v) is 11.6. The molecule has 0 atom stereocenters. The van der Waals surface area contributed by atoms with E-state index in [0.29, 0.717) is 12.2 Å². The second-order valence-corrected chi connectivity index (χ2v) is 4.89. The van der Waals surface area contributed by atoms with Crippen molar-refractivity contribution in [3.63, 3.8) is 0 Å². The largest absolute Gasteiger partial charge is 0.508 e. The Morgan fingerprint density at radius 3 is 2.67 bits per heavy atom. The van der Waals surface area contributed by atoms with E-state index in [-0.39, 0.29) is 11.5 Å². The Labute approximate surface area is 121 Å². The number of aromatic nitrogens is 2. The lowest BCUT2D eigenvalue weighted by molar-refractivity contribution is 0.101. The zero-order chi connectivity index (χ0) is 14.8. The van der Waals surface area contributed by atoms with E-state index in [1.807, 2.05) is 34.9 Å². The van der Waals surface area contributed by atoms with Crippen LogP contribution in [0.1, 0.15) is 23.0 Å². The highest BCUT2D eigenvalue weighted by Crippen LogP contribution is 2.14. The van der Waals surface area contributed by atoms with Gasteiger partial charge < -0.3 is 14.8 Å². The normalized spacial score (nSPS) is 10.7. The fraction of sp³-hybridized carbons (Fsp3) is 0.125. The lowest BCUT2D eigenvalue weighted by Gasteiger charge is -2.07. The van der Waals surface area contributed by atoms with Gasteiger partial charge in [-0.25, -0.2) is 4.98 Å². The Kier molecular flexibility index (Phi) is 3.31. The maximum Gasteiger partial charge on any atom is 0.179 e. The number of nitrogens with one attached hydrogen (secondary N) is 1. The maximum absolute atomic E-state index is 11.3. The molecule has 5 nitrogen and oxygen atoms in total. The molecule has 0 aliphatic heterocycles. The highest BCUT2D eigenvalue weighted by Gasteiger charge is 2.06. The number of rotatable bonds is 4. The first-order chi connectivity index (χ1) is 10.1. The number of benzene rings is 1. The molecule has 0 unspecified atom stereocenters. The van der Waals surface area contributed by atoms with Crippen LogP contribution in [-0.2, 0) is 6.54 Å². The molecule has 1 aromatic carbocycles. The first kappa shape index (κ1) is 13.2. The van der Waals surface area contributed by atoms with E-state index in [4.69, 9.17) is 0 Å². The monoisotopic (exact) mass is 281 g/mol. The molecule has 0 aliphatic rings. The van der Waals surface area contributed by atoms with E-state index in [0.717, 1.165) is 16.9 Å². The number of hydrogen-bond donors (Lipinski definition) is 2. The minimum atomic E-state index is -0.0442. The summed E-state index contributed by atoms with van der Waals surface area (Å²) in [6.07, 6.45) is 3.62. The zero-order valence-electron chi connectivity index (χ0n) is 11.6. The lowest BCUT2D eigenvalue weighted by atomic mass is 10.2. The molecular weight excluding hydrogens is 266 g/mol. The van der Waals surface area contributed by atoms with Gasteiger partial charge in [-0.2, -0.15) is 0 Å². The Morgan fingerprint density at radius 1 is 1.19 bits per heavy atom. The fourth-order valence-corrected chi connectivity index (χ4v) is 2.08. The molecular formula is C16H15N3O2. The number of ketones is 1. The molecule has 2 heterocycles. The number of carbonyl (C=O) groups is 1. The number of phenolic OH excluding ortho intramolecular Hbond substituents is 1. The number of Topliss-reactive ketones (excluding diaryl/α,β-unsaturated/α-hetero) is 1. The molecule has 2 aromatic heterocycles. The summed E-state index contributed by atoms with van der Waals surface area (Å²) in [6, 6.07) is 10.8. The standard InChI is InChI=1S/C16H15N3O2/c1-11(20)15-10-19-9-13(4-7-16(19)18-15)17-8-12-2-5-14(21)6-3-12/h2-7,9-10,17,21H,8H2,1H3. The summed E-state index contributed by atoms with van der Waals surface area (Å²) in [5.74, 6) is 0.215. The lowest BCUT2D eigenvalue weighted by Crippen LogP contribution is -2.00. The molecule has 0 saturated carbocycles. The van der Waals surface area contributed by atoms with Crippen LogP contribution in [0.25, 0.3) is 5.65 Å². The number of pyridine rings is 1. The average molecular weight is 281 g/mol. The van der Waals surface area contributed by atoms with Crippen LogP contribution >= 0.6 is 0 Å². The minimum Gasteiger partial charge on any atom is -0.508 e. The summed E-state index contributed by atoms with van der Waals surface area (Å²) in [7, 11) is 0. The minimum absolute atomic E-state index is 0.0442. The Morgan fingerprint density at radius 2 is 1.95 bits per heavy atom. The Balaban J connectivity index is 1.77. The fourth-order valence-electron chi connectivity index (χ4n) is 2.08. The number of imidazole rings is 1. The van der Waals surface area contributed by atoms with Gasteiger partial charge in [0, 0.05) is 25.9 Å². The van der Waals surface area contributed by atoms with Gasteiger partial charge in [-0.1, -0.05) is 12.1 Å². The van der Waals surface area contributed by atoms with E-state index in [9.17, 15) is 9.90 Å². The molecule has 21 heavy (non-hydrogen) atoms. The van der Waals surface area contributed by atoms with Gasteiger partial charge in [0.05, 0.1) is 5.69 Å². The highest BCUT2D eigenvalue weighted by molar-refractivity contribution is 5.92. The van der Waals surface area contributed by atoms with Crippen molar-refractivity contribution < 1.29 is 9.90 Å². The highest BCUT2D eigenvalue weighted by atomic mass is 16.3. The van der Waals surface area contributed by atoms with Gasteiger partial charge in [-0.3, -0.25) is 4.79 Å². The van der Waals surface area contributed by atoms with Crippen molar-refractivity contribution in [1.29, 1.82) is 0 Å². The number of fused-ring (bicyclic) bond motifs is 1. The summed E-state index contributed by atoms with van der Waals surface area (Å²) in [6.45, 7) is 2.16. The van der Waals surface area contributed by atoms with Crippen LogP contribution in [0.4, 0.5) is 5.69 Å². The summed E-state index contributed by atoms with van der Waals surface area (Å²) < 4.78 is 1.83. The summed E-state index contributed by atoms with van der Waals surface area (Å²) >= 11 is 0. The summed E-state index contributed by atoms with van der Waals surface area (Å²) in [4.78, 5) is 15.6. The van der Waals surface area contributed by atoms with Crippen LogP contribution in [0.3, 0.4) is 0 Å². The molecule has 0 radical (unpaired) electrons. The van der Waals surface area contributed by atoms with Gasteiger partial charge >= 0.3 is 0 Å². The molecule has 0 bridgehead atoms. The maximum atomic E-state index is 11.3. The van der Waals surface area contributed by atoms with Crippen LogP contribution in [0.15, 0.2) is 48.8 Å². The topological polar surface area (TPSA) is 66.6 Å². The summed E-state index contributed by atoms with van der Waals surface area (Å²) in [5.41, 5.74) is 3.21. The molecule has 0 aliphatic carbocycles. The van der Waals surface area contributed by atoms with E-state index in [1.54, 1.807) is 18.3 Å². The number of anilines is 1. The van der Waals surface area contributed by atoms with E-state index in [2.05, 4.69) is 10.3 Å². The average Bonchev–Trinajstić information content (AvgIpc) is 2.90. The molecule has 0 saturated heterocycles. The van der Waals surface area contributed by atoms with Crippen molar-refractivity contribution in [3.05, 3.63) is 60.0 Å². The number of phenols is 1. The first-order valence-electron chi connectivity index (χ1n) is 6.63. The molecule has 2 N–H and O–H groups in total. The molecule has 0 fully saturated rings. The van der Waals surface area contributed by atoms with E-state index >= 15 is 0 Å². The van der Waals surface area contributed by atoms with Crippen molar-refractivity contribution in [1.82, 2.24) is 9.38 Å². The Bertz CT molecular complexity index is 791. The predicted molar refractivity (Wildman–Crippen MR) is 80.6 cm³/mol. The second-order valence-electron chi connectivity index (χ2n) is 4.89. The van der Waals surface area contributed by atoms with Gasteiger partial charge in [0.15, 0.2) is 5.78 Å². The van der Waals surface area contributed by atoms with Crippen molar-refractivity contribution in [3.8, 4) is 5.75 Å². The third-order valence-corrected chi connectivity index (χ3v) is 3.24. The SMILES string of the molecule is CC(=O)c1cn2cc(NCc3ccc(O)cc3)ccc2n1. The van der Waals surface area contributed by atoms with Crippen molar-refractivity contribution in [2.45, 2.75) is 13.5 Å². The van der Waals surface area contributed by atoms with E-state index < -0.39 is 0 Å². The molecule has 3 aromatic rings. The van der Waals surface area contributed by atoms with E-state index in [1.165, 1.54) is 6.92 Å². The van der Waals surface area contributed by atoms with Crippen LogP contribution in [-0.4, -0.2) is 20.3 Å². The van der Waals surface area contributed by atoms with Crippen LogP contribution in [0.5, 0.6) is 5.75 Å². The molecule has 106 valence electrons. The molecule has 0 amide bonds.